The molecule has 1 amide bonds. The lowest BCUT2D eigenvalue weighted by atomic mass is 10.1. The number of aryl methyl sites for hydroxylation is 1. The van der Waals surface area contributed by atoms with Gasteiger partial charge in [0.2, 0.25) is 5.91 Å². The van der Waals surface area contributed by atoms with Gasteiger partial charge in [0.25, 0.3) is 0 Å². The van der Waals surface area contributed by atoms with E-state index in [1.165, 1.54) is 0 Å². The smallest absolute Gasteiger partial charge is 0.236 e. The van der Waals surface area contributed by atoms with Crippen LogP contribution in [-0.4, -0.2) is 35.3 Å². The molecule has 1 aromatic heterocycles. The van der Waals surface area contributed by atoms with Crippen molar-refractivity contribution in [3.05, 3.63) is 36.2 Å². The molecular weight excluding hydrogens is 268 g/mol. The first-order valence-electron chi connectivity index (χ1n) is 6.84. The zero-order valence-corrected chi connectivity index (χ0v) is 12.2. The molecule has 1 atom stereocenters. The SMILES string of the molecule is Cc1[nH]ncc1-c1cccc(OCCNC(=O)[C@H](C)N)c1. The largest absolute Gasteiger partial charge is 0.492 e. The average Bonchev–Trinajstić information content (AvgIpc) is 2.89. The highest BCUT2D eigenvalue weighted by molar-refractivity contribution is 5.80. The summed E-state index contributed by atoms with van der Waals surface area (Å²) >= 11 is 0. The van der Waals surface area contributed by atoms with Crippen LogP contribution in [0.5, 0.6) is 5.75 Å². The van der Waals surface area contributed by atoms with Crippen LogP contribution >= 0.6 is 0 Å². The van der Waals surface area contributed by atoms with E-state index in [9.17, 15) is 4.79 Å². The molecule has 1 heterocycles. The zero-order valence-electron chi connectivity index (χ0n) is 12.2. The van der Waals surface area contributed by atoms with Gasteiger partial charge in [-0.2, -0.15) is 5.10 Å². The molecule has 21 heavy (non-hydrogen) atoms. The lowest BCUT2D eigenvalue weighted by molar-refractivity contribution is -0.122. The van der Waals surface area contributed by atoms with Gasteiger partial charge < -0.3 is 15.8 Å². The van der Waals surface area contributed by atoms with Gasteiger partial charge in [0.05, 0.1) is 18.8 Å². The maximum absolute atomic E-state index is 11.3. The number of rotatable bonds is 6. The summed E-state index contributed by atoms with van der Waals surface area (Å²) in [5.74, 6) is 0.574. The number of carbonyl (C=O) groups is 1. The molecule has 0 saturated carbocycles. The molecule has 0 aliphatic rings. The Morgan fingerprint density at radius 3 is 3.00 bits per heavy atom. The number of ether oxygens (including phenoxy) is 1. The number of nitrogens with two attached hydrogens (primary N) is 1. The number of amides is 1. The molecule has 0 radical (unpaired) electrons. The molecule has 0 aliphatic carbocycles. The van der Waals surface area contributed by atoms with Crippen molar-refractivity contribution in [1.29, 1.82) is 0 Å². The van der Waals surface area contributed by atoms with E-state index in [1.807, 2.05) is 31.2 Å². The number of nitrogens with zero attached hydrogens (tertiary/aromatic N) is 1. The quantitative estimate of drug-likeness (QED) is 0.697. The minimum atomic E-state index is -0.502. The monoisotopic (exact) mass is 288 g/mol. The van der Waals surface area contributed by atoms with Crippen molar-refractivity contribution < 1.29 is 9.53 Å². The van der Waals surface area contributed by atoms with Crippen molar-refractivity contribution in [3.8, 4) is 16.9 Å². The van der Waals surface area contributed by atoms with Crippen molar-refractivity contribution >= 4 is 5.91 Å². The van der Waals surface area contributed by atoms with Crippen LogP contribution in [0, 0.1) is 6.92 Å². The number of aromatic nitrogens is 2. The van der Waals surface area contributed by atoms with E-state index >= 15 is 0 Å². The molecule has 112 valence electrons. The number of nitrogens with one attached hydrogen (secondary N) is 2. The van der Waals surface area contributed by atoms with E-state index in [2.05, 4.69) is 15.5 Å². The van der Waals surface area contributed by atoms with Gasteiger partial charge in [-0.1, -0.05) is 12.1 Å². The second-order valence-corrected chi connectivity index (χ2v) is 4.86. The molecule has 0 aliphatic heterocycles. The maximum atomic E-state index is 11.3. The summed E-state index contributed by atoms with van der Waals surface area (Å²) in [6.45, 7) is 4.44. The predicted octanol–water partition coefficient (Wildman–Crippen LogP) is 1.23. The van der Waals surface area contributed by atoms with Crippen LogP contribution in [0.2, 0.25) is 0 Å². The molecule has 2 aromatic rings. The summed E-state index contributed by atoms with van der Waals surface area (Å²) in [6.07, 6.45) is 1.79. The molecule has 0 saturated heterocycles. The third-order valence-corrected chi connectivity index (χ3v) is 3.06. The highest BCUT2D eigenvalue weighted by atomic mass is 16.5. The van der Waals surface area contributed by atoms with Gasteiger partial charge in [0.15, 0.2) is 0 Å². The highest BCUT2D eigenvalue weighted by Gasteiger charge is 2.07. The van der Waals surface area contributed by atoms with Gasteiger partial charge in [0.1, 0.15) is 12.4 Å². The lowest BCUT2D eigenvalue weighted by Crippen LogP contribution is -2.40. The molecule has 0 bridgehead atoms. The minimum Gasteiger partial charge on any atom is -0.492 e. The molecule has 4 N–H and O–H groups in total. The van der Waals surface area contributed by atoms with Crippen molar-refractivity contribution in [3.63, 3.8) is 0 Å². The summed E-state index contributed by atoms with van der Waals surface area (Å²) in [5.41, 5.74) is 8.55. The zero-order chi connectivity index (χ0) is 15.2. The Bertz CT molecular complexity index is 607. The Balaban J connectivity index is 1.90. The number of benzene rings is 1. The minimum absolute atomic E-state index is 0.179. The number of hydrogen-bond acceptors (Lipinski definition) is 4. The Morgan fingerprint density at radius 1 is 1.52 bits per heavy atom. The number of aromatic amines is 1. The first-order chi connectivity index (χ1) is 10.1. The fourth-order valence-corrected chi connectivity index (χ4v) is 1.90. The average molecular weight is 288 g/mol. The standard InChI is InChI=1S/C15H20N4O2/c1-10(16)15(20)17-6-7-21-13-5-3-4-12(8-13)14-9-18-19-11(14)2/h3-5,8-10H,6-7,16H2,1-2H3,(H,17,20)(H,18,19)/t10-/m0/s1. The van der Waals surface area contributed by atoms with E-state index in [0.717, 1.165) is 22.6 Å². The Labute approximate surface area is 123 Å². The van der Waals surface area contributed by atoms with E-state index in [1.54, 1.807) is 13.1 Å². The van der Waals surface area contributed by atoms with Gasteiger partial charge in [-0.3, -0.25) is 9.89 Å². The number of H-pyrrole nitrogens is 1. The molecular formula is C15H20N4O2. The van der Waals surface area contributed by atoms with Gasteiger partial charge in [-0.05, 0) is 31.5 Å². The van der Waals surface area contributed by atoms with Crippen LogP contribution in [0.3, 0.4) is 0 Å². The Morgan fingerprint density at radius 2 is 2.33 bits per heavy atom. The summed E-state index contributed by atoms with van der Waals surface area (Å²) in [7, 11) is 0. The molecule has 6 heteroatoms. The molecule has 0 unspecified atom stereocenters. The van der Waals surface area contributed by atoms with Crippen LogP contribution in [0.25, 0.3) is 11.1 Å². The third kappa shape index (κ3) is 4.06. The predicted molar refractivity (Wildman–Crippen MR) is 80.9 cm³/mol. The summed E-state index contributed by atoms with van der Waals surface area (Å²) in [4.78, 5) is 11.3. The summed E-state index contributed by atoms with van der Waals surface area (Å²) < 4.78 is 5.63. The van der Waals surface area contributed by atoms with Crippen molar-refractivity contribution in [2.75, 3.05) is 13.2 Å². The fourth-order valence-electron chi connectivity index (χ4n) is 1.90. The Hall–Kier alpha value is -2.34. The maximum Gasteiger partial charge on any atom is 0.236 e. The summed E-state index contributed by atoms with van der Waals surface area (Å²) in [6, 6.07) is 7.26. The first-order valence-corrected chi connectivity index (χ1v) is 6.84. The third-order valence-electron chi connectivity index (χ3n) is 3.06. The van der Waals surface area contributed by atoms with Crippen LogP contribution in [0.1, 0.15) is 12.6 Å². The van der Waals surface area contributed by atoms with E-state index in [4.69, 9.17) is 10.5 Å². The van der Waals surface area contributed by atoms with Crippen LogP contribution in [0.4, 0.5) is 0 Å². The molecule has 1 aromatic carbocycles. The van der Waals surface area contributed by atoms with E-state index < -0.39 is 6.04 Å². The molecule has 0 spiro atoms. The van der Waals surface area contributed by atoms with Crippen LogP contribution in [-0.2, 0) is 4.79 Å². The lowest BCUT2D eigenvalue weighted by Gasteiger charge is -2.10. The van der Waals surface area contributed by atoms with Crippen molar-refractivity contribution in [2.45, 2.75) is 19.9 Å². The second kappa shape index (κ2) is 6.90. The topological polar surface area (TPSA) is 93.0 Å². The van der Waals surface area contributed by atoms with Crippen LogP contribution < -0.4 is 15.8 Å². The Kier molecular flexibility index (Phi) is 4.94. The first kappa shape index (κ1) is 15.1. The second-order valence-electron chi connectivity index (χ2n) is 4.86. The van der Waals surface area contributed by atoms with Crippen molar-refractivity contribution in [1.82, 2.24) is 15.5 Å². The van der Waals surface area contributed by atoms with Gasteiger partial charge in [0, 0.05) is 11.3 Å². The normalized spacial score (nSPS) is 12.0. The van der Waals surface area contributed by atoms with E-state index in [-0.39, 0.29) is 5.91 Å². The van der Waals surface area contributed by atoms with Gasteiger partial charge >= 0.3 is 0 Å². The number of hydrogen-bond donors (Lipinski definition) is 3. The molecule has 2 rings (SSSR count). The molecule has 0 fully saturated rings. The fraction of sp³-hybridized carbons (Fsp3) is 0.333. The van der Waals surface area contributed by atoms with Crippen molar-refractivity contribution in [2.24, 2.45) is 5.73 Å². The van der Waals surface area contributed by atoms with Gasteiger partial charge in [-0.15, -0.1) is 0 Å². The van der Waals surface area contributed by atoms with Gasteiger partial charge in [-0.25, -0.2) is 0 Å². The number of carbonyl (C=O) groups excluding carboxylic acids is 1. The molecule has 6 nitrogen and oxygen atoms in total. The van der Waals surface area contributed by atoms with E-state index in [0.29, 0.717) is 13.2 Å². The van der Waals surface area contributed by atoms with Crippen LogP contribution in [0.15, 0.2) is 30.5 Å². The summed E-state index contributed by atoms with van der Waals surface area (Å²) in [5, 5.41) is 9.63. The highest BCUT2D eigenvalue weighted by Crippen LogP contribution is 2.25.